The Bertz CT molecular complexity index is 583. The topological polar surface area (TPSA) is 147 Å². The smallest absolute Gasteiger partial charge is 0.269 e. The average molecular weight is 356 g/mol. The molecule has 0 aromatic carbocycles. The van der Waals surface area contributed by atoms with Crippen molar-refractivity contribution in [2.24, 2.45) is 5.73 Å². The fourth-order valence-corrected chi connectivity index (χ4v) is 5.43. The van der Waals surface area contributed by atoms with Crippen LogP contribution in [0.2, 0.25) is 0 Å². The van der Waals surface area contributed by atoms with Gasteiger partial charge < -0.3 is 11.1 Å². The maximum atomic E-state index is 11.3. The van der Waals surface area contributed by atoms with Gasteiger partial charge in [0, 0.05) is 18.1 Å². The molecule has 0 heterocycles. The average Bonchev–Trinajstić information content (AvgIpc) is 2.39. The molecule has 2 aliphatic rings. The van der Waals surface area contributed by atoms with Crippen LogP contribution in [0.15, 0.2) is 0 Å². The third-order valence-corrected chi connectivity index (χ3v) is 7.41. The van der Waals surface area contributed by atoms with Gasteiger partial charge in [-0.15, -0.1) is 0 Å². The van der Waals surface area contributed by atoms with Gasteiger partial charge in [-0.05, 0) is 44.9 Å². The molecule has 0 aromatic heterocycles. The first kappa shape index (κ1) is 18.1. The van der Waals surface area contributed by atoms with Gasteiger partial charge in [0.25, 0.3) is 20.2 Å². The second-order valence-corrected chi connectivity index (χ2v) is 9.71. The minimum absolute atomic E-state index is 0.0565. The Kier molecular flexibility index (Phi) is 5.50. The summed E-state index contributed by atoms with van der Waals surface area (Å²) in [6.07, 6.45) is 3.52. The molecule has 0 aromatic rings. The summed E-state index contributed by atoms with van der Waals surface area (Å²) in [6, 6.07) is -0.512. The van der Waals surface area contributed by atoms with E-state index in [1.807, 2.05) is 0 Å². The van der Waals surface area contributed by atoms with Gasteiger partial charge in [0.15, 0.2) is 0 Å². The van der Waals surface area contributed by atoms with Crippen LogP contribution in [0.3, 0.4) is 0 Å². The third kappa shape index (κ3) is 4.62. The highest BCUT2D eigenvalue weighted by Crippen LogP contribution is 2.27. The molecule has 0 bridgehead atoms. The van der Waals surface area contributed by atoms with Crippen molar-refractivity contribution in [3.8, 4) is 0 Å². The number of hydrogen-bond acceptors (Lipinski definition) is 6. The molecule has 22 heavy (non-hydrogen) atoms. The number of hydrogen-bond donors (Lipinski definition) is 4. The summed E-state index contributed by atoms with van der Waals surface area (Å²) in [4.78, 5) is 0. The Balaban J connectivity index is 1.88. The quantitative estimate of drug-likeness (QED) is 0.511. The first-order chi connectivity index (χ1) is 10.1. The minimum atomic E-state index is -4.15. The third-order valence-electron chi connectivity index (χ3n) is 4.79. The molecule has 2 rings (SSSR count). The molecule has 3 atom stereocenters. The van der Waals surface area contributed by atoms with Crippen LogP contribution in [-0.2, 0) is 20.2 Å². The van der Waals surface area contributed by atoms with Crippen LogP contribution in [0.25, 0.3) is 0 Å². The van der Waals surface area contributed by atoms with Crippen molar-refractivity contribution >= 4 is 20.2 Å². The Morgan fingerprint density at radius 3 is 1.86 bits per heavy atom. The summed E-state index contributed by atoms with van der Waals surface area (Å²) < 4.78 is 63.2. The van der Waals surface area contributed by atoms with E-state index in [1.54, 1.807) is 0 Å². The Hall–Kier alpha value is -0.260. The molecule has 2 saturated carbocycles. The van der Waals surface area contributed by atoms with Crippen molar-refractivity contribution in [3.63, 3.8) is 0 Å². The predicted molar refractivity (Wildman–Crippen MR) is 81.7 cm³/mol. The summed E-state index contributed by atoms with van der Waals surface area (Å²) in [5, 5.41) is 1.70. The standard InChI is InChI=1S/C12H24N2O6S2/c13-11-6-3-9(7-12(11)22(18,19)20)14-8-1-4-10(5-2-8)21(15,16)17/h8-12,14H,1-7,13H2,(H,15,16,17)(H,18,19,20). The van der Waals surface area contributed by atoms with Gasteiger partial charge in [0.1, 0.15) is 5.25 Å². The minimum Gasteiger partial charge on any atom is -0.326 e. The lowest BCUT2D eigenvalue weighted by Gasteiger charge is -2.36. The van der Waals surface area contributed by atoms with Crippen molar-refractivity contribution in [1.82, 2.24) is 5.32 Å². The lowest BCUT2D eigenvalue weighted by Crippen LogP contribution is -2.52. The van der Waals surface area contributed by atoms with E-state index < -0.39 is 36.8 Å². The van der Waals surface area contributed by atoms with Gasteiger partial charge in [0.05, 0.1) is 5.25 Å². The van der Waals surface area contributed by atoms with E-state index in [4.69, 9.17) is 10.3 Å². The Labute approximate surface area is 131 Å². The summed E-state index contributed by atoms with van der Waals surface area (Å²) >= 11 is 0. The highest BCUT2D eigenvalue weighted by Gasteiger charge is 2.37. The van der Waals surface area contributed by atoms with Gasteiger partial charge >= 0.3 is 0 Å². The second-order valence-electron chi connectivity index (χ2n) is 6.38. The molecule has 130 valence electrons. The number of nitrogens with one attached hydrogen (secondary N) is 1. The maximum Gasteiger partial charge on any atom is 0.269 e. The summed E-state index contributed by atoms with van der Waals surface area (Å²) in [5.41, 5.74) is 5.77. The van der Waals surface area contributed by atoms with Crippen molar-refractivity contribution in [3.05, 3.63) is 0 Å². The van der Waals surface area contributed by atoms with Gasteiger partial charge in [-0.3, -0.25) is 9.11 Å². The maximum absolute atomic E-state index is 11.3. The van der Waals surface area contributed by atoms with Gasteiger partial charge in [-0.25, -0.2) is 0 Å². The SMILES string of the molecule is NC1CCC(NC2CCC(S(=O)(=O)O)CC2)CC1S(=O)(=O)O. The first-order valence-electron chi connectivity index (χ1n) is 7.51. The molecular weight excluding hydrogens is 332 g/mol. The zero-order valence-electron chi connectivity index (χ0n) is 12.3. The Morgan fingerprint density at radius 2 is 1.36 bits per heavy atom. The van der Waals surface area contributed by atoms with Gasteiger partial charge in [-0.2, -0.15) is 16.8 Å². The molecule has 0 radical (unpaired) electrons. The van der Waals surface area contributed by atoms with E-state index >= 15 is 0 Å². The van der Waals surface area contributed by atoms with Crippen molar-refractivity contribution < 1.29 is 25.9 Å². The molecule has 0 amide bonds. The number of rotatable bonds is 4. The van der Waals surface area contributed by atoms with Crippen LogP contribution < -0.4 is 11.1 Å². The van der Waals surface area contributed by atoms with E-state index in [1.165, 1.54) is 0 Å². The molecular formula is C12H24N2O6S2. The van der Waals surface area contributed by atoms with E-state index in [0.29, 0.717) is 32.1 Å². The highest BCUT2D eigenvalue weighted by molar-refractivity contribution is 7.86. The van der Waals surface area contributed by atoms with Crippen LogP contribution >= 0.6 is 0 Å². The van der Waals surface area contributed by atoms with E-state index in [9.17, 15) is 21.4 Å². The van der Waals surface area contributed by atoms with E-state index in [2.05, 4.69) is 5.32 Å². The van der Waals surface area contributed by atoms with Crippen LogP contribution in [0.5, 0.6) is 0 Å². The van der Waals surface area contributed by atoms with Gasteiger partial charge in [0.2, 0.25) is 0 Å². The zero-order chi connectivity index (χ0) is 16.5. The van der Waals surface area contributed by atoms with Crippen LogP contribution in [0, 0.1) is 0 Å². The van der Waals surface area contributed by atoms with Crippen molar-refractivity contribution in [1.29, 1.82) is 0 Å². The second kappa shape index (κ2) is 6.70. The largest absolute Gasteiger partial charge is 0.326 e. The fourth-order valence-electron chi connectivity index (χ4n) is 3.51. The molecule has 3 unspecified atom stereocenters. The van der Waals surface area contributed by atoms with Crippen LogP contribution in [-0.4, -0.2) is 54.6 Å². The number of nitrogens with two attached hydrogens (primary N) is 1. The molecule has 0 saturated heterocycles. The van der Waals surface area contributed by atoms with E-state index in [-0.39, 0.29) is 18.5 Å². The van der Waals surface area contributed by atoms with E-state index in [0.717, 1.165) is 6.42 Å². The molecule has 2 aliphatic carbocycles. The molecule has 0 spiro atoms. The first-order valence-corrected chi connectivity index (χ1v) is 10.5. The lowest BCUT2D eigenvalue weighted by atomic mass is 9.88. The van der Waals surface area contributed by atoms with Gasteiger partial charge in [-0.1, -0.05) is 0 Å². The van der Waals surface area contributed by atoms with Crippen molar-refractivity contribution in [2.45, 2.75) is 73.6 Å². The molecule has 10 heteroatoms. The van der Waals surface area contributed by atoms with Crippen LogP contribution in [0.1, 0.15) is 44.9 Å². The molecule has 2 fully saturated rings. The lowest BCUT2D eigenvalue weighted by molar-refractivity contribution is 0.272. The fraction of sp³-hybridized carbons (Fsp3) is 1.00. The summed E-state index contributed by atoms with van der Waals surface area (Å²) in [7, 11) is -8.13. The molecule has 5 N–H and O–H groups in total. The summed E-state index contributed by atoms with van der Waals surface area (Å²) in [6.45, 7) is 0. The zero-order valence-corrected chi connectivity index (χ0v) is 13.9. The predicted octanol–water partition coefficient (Wildman–Crippen LogP) is -0.0888. The molecule has 8 nitrogen and oxygen atoms in total. The highest BCUT2D eigenvalue weighted by atomic mass is 32.2. The monoisotopic (exact) mass is 356 g/mol. The normalized spacial score (nSPS) is 37.9. The van der Waals surface area contributed by atoms with Crippen molar-refractivity contribution in [2.75, 3.05) is 0 Å². The molecule has 0 aliphatic heterocycles. The Morgan fingerprint density at radius 1 is 0.818 bits per heavy atom. The summed E-state index contributed by atoms with van der Waals surface area (Å²) in [5.74, 6) is 0. The van der Waals surface area contributed by atoms with Crippen LogP contribution in [0.4, 0.5) is 0 Å².